The van der Waals surface area contributed by atoms with E-state index in [1.807, 2.05) is 38.3 Å². The quantitative estimate of drug-likeness (QED) is 0.580. The van der Waals surface area contributed by atoms with Crippen molar-refractivity contribution in [2.45, 2.75) is 18.7 Å². The summed E-state index contributed by atoms with van der Waals surface area (Å²) in [6, 6.07) is 5.67. The highest BCUT2D eigenvalue weighted by Crippen LogP contribution is 2.32. The van der Waals surface area contributed by atoms with E-state index in [0.717, 1.165) is 4.90 Å². The lowest BCUT2D eigenvalue weighted by molar-refractivity contribution is 0.0936. The molecule has 0 fully saturated rings. The molecule has 3 heteroatoms. The van der Waals surface area contributed by atoms with Gasteiger partial charge in [0.2, 0.25) is 0 Å². The normalized spacial score (nSPS) is 10.5. The maximum absolute atomic E-state index is 11.9. The molecule has 2 nitrogen and oxygen atoms in total. The largest absolute Gasteiger partial charge is 0.495 e. The van der Waals surface area contributed by atoms with Gasteiger partial charge >= 0.3 is 0 Å². The molecule has 0 saturated carbocycles. The van der Waals surface area contributed by atoms with Gasteiger partial charge in [-0.05, 0) is 18.4 Å². The number of rotatable bonds is 4. The van der Waals surface area contributed by atoms with E-state index in [9.17, 15) is 4.79 Å². The van der Waals surface area contributed by atoms with Gasteiger partial charge in [-0.25, -0.2) is 0 Å². The molecule has 0 saturated heterocycles. The minimum atomic E-state index is -0.00370. The zero-order chi connectivity index (χ0) is 11.4. The van der Waals surface area contributed by atoms with Gasteiger partial charge in [-0.3, -0.25) is 4.79 Å². The second-order valence-corrected chi connectivity index (χ2v) is 4.41. The Labute approximate surface area is 95.0 Å². The molecule has 0 aliphatic rings. The molecule has 0 amide bonds. The van der Waals surface area contributed by atoms with Crippen molar-refractivity contribution in [1.82, 2.24) is 0 Å². The van der Waals surface area contributed by atoms with Crippen molar-refractivity contribution in [1.29, 1.82) is 0 Å². The molecule has 0 atom stereocenters. The first kappa shape index (κ1) is 12.1. The van der Waals surface area contributed by atoms with Crippen LogP contribution >= 0.6 is 11.8 Å². The minimum absolute atomic E-state index is 0.00370. The summed E-state index contributed by atoms with van der Waals surface area (Å²) in [6.07, 6.45) is 1.97. The van der Waals surface area contributed by atoms with Gasteiger partial charge in [0, 0.05) is 10.8 Å². The number of benzene rings is 1. The van der Waals surface area contributed by atoms with E-state index in [1.54, 1.807) is 18.9 Å². The lowest BCUT2D eigenvalue weighted by atomic mass is 10.0. The van der Waals surface area contributed by atoms with Crippen LogP contribution in [0, 0.1) is 5.92 Å². The second-order valence-electron chi connectivity index (χ2n) is 3.56. The number of carbonyl (C=O) groups is 1. The molecule has 0 N–H and O–H groups in total. The van der Waals surface area contributed by atoms with Crippen LogP contribution in [0.15, 0.2) is 23.1 Å². The molecule has 0 bridgehead atoms. The number of carbonyl (C=O) groups excluding carboxylic acids is 1. The first-order valence-electron chi connectivity index (χ1n) is 4.87. The Balaban J connectivity index is 3.23. The van der Waals surface area contributed by atoms with Crippen LogP contribution in [0.2, 0.25) is 0 Å². The van der Waals surface area contributed by atoms with Crippen LogP contribution < -0.4 is 4.74 Å². The fourth-order valence-corrected chi connectivity index (χ4v) is 1.99. The van der Waals surface area contributed by atoms with Gasteiger partial charge in [-0.15, -0.1) is 11.8 Å². The standard InChI is InChI=1S/C12H16O2S/c1-8(2)11(13)9-6-5-7-10(15-4)12(9)14-3/h5-8H,1-4H3. The molecule has 0 spiro atoms. The Kier molecular flexibility index (Phi) is 4.21. The van der Waals surface area contributed by atoms with Crippen molar-refractivity contribution in [3.63, 3.8) is 0 Å². The monoisotopic (exact) mass is 224 g/mol. The van der Waals surface area contributed by atoms with Crippen molar-refractivity contribution >= 4 is 17.5 Å². The van der Waals surface area contributed by atoms with Crippen molar-refractivity contribution in [2.75, 3.05) is 13.4 Å². The Morgan fingerprint density at radius 1 is 1.40 bits per heavy atom. The van der Waals surface area contributed by atoms with Crippen LogP contribution in [0.5, 0.6) is 5.75 Å². The van der Waals surface area contributed by atoms with Crippen molar-refractivity contribution < 1.29 is 9.53 Å². The Bertz CT molecular complexity index is 359. The predicted molar refractivity (Wildman–Crippen MR) is 63.9 cm³/mol. The van der Waals surface area contributed by atoms with Crippen molar-refractivity contribution in [2.24, 2.45) is 5.92 Å². The van der Waals surface area contributed by atoms with Crippen LogP contribution in [-0.2, 0) is 0 Å². The summed E-state index contributed by atoms with van der Waals surface area (Å²) in [5.41, 5.74) is 0.680. The van der Waals surface area contributed by atoms with Gasteiger partial charge in [-0.1, -0.05) is 19.9 Å². The van der Waals surface area contributed by atoms with E-state index < -0.39 is 0 Å². The SMILES string of the molecule is COc1c(SC)cccc1C(=O)C(C)C. The third-order valence-corrected chi connectivity index (χ3v) is 2.95. The van der Waals surface area contributed by atoms with Gasteiger partial charge in [-0.2, -0.15) is 0 Å². The second kappa shape index (κ2) is 5.21. The number of para-hydroxylation sites is 1. The molecule has 0 aromatic heterocycles. The first-order valence-corrected chi connectivity index (χ1v) is 6.09. The highest BCUT2D eigenvalue weighted by atomic mass is 32.2. The average Bonchev–Trinajstić information content (AvgIpc) is 2.26. The van der Waals surface area contributed by atoms with E-state index in [-0.39, 0.29) is 11.7 Å². The van der Waals surface area contributed by atoms with E-state index in [2.05, 4.69) is 0 Å². The molecule has 0 aliphatic carbocycles. The number of ether oxygens (including phenoxy) is 1. The Hall–Kier alpha value is -0.960. The van der Waals surface area contributed by atoms with E-state index in [1.165, 1.54) is 0 Å². The third-order valence-electron chi connectivity index (χ3n) is 2.19. The van der Waals surface area contributed by atoms with Gasteiger partial charge in [0.1, 0.15) is 5.75 Å². The zero-order valence-electron chi connectivity index (χ0n) is 9.53. The fraction of sp³-hybridized carbons (Fsp3) is 0.417. The number of thioether (sulfide) groups is 1. The number of hydrogen-bond acceptors (Lipinski definition) is 3. The molecule has 0 aliphatic heterocycles. The van der Waals surface area contributed by atoms with Gasteiger partial charge in [0.05, 0.1) is 12.7 Å². The highest BCUT2D eigenvalue weighted by Gasteiger charge is 2.17. The molecule has 82 valence electrons. The van der Waals surface area contributed by atoms with E-state index in [4.69, 9.17) is 4.74 Å². The lowest BCUT2D eigenvalue weighted by Gasteiger charge is -2.12. The molecule has 0 radical (unpaired) electrons. The summed E-state index contributed by atoms with van der Waals surface area (Å²) < 4.78 is 5.30. The maximum atomic E-state index is 11.9. The fourth-order valence-electron chi connectivity index (χ4n) is 1.39. The van der Waals surface area contributed by atoms with Crippen molar-refractivity contribution in [3.05, 3.63) is 23.8 Å². The summed E-state index contributed by atoms with van der Waals surface area (Å²) in [7, 11) is 1.60. The average molecular weight is 224 g/mol. The van der Waals surface area contributed by atoms with Gasteiger partial charge < -0.3 is 4.74 Å². The number of hydrogen-bond donors (Lipinski definition) is 0. The number of ketones is 1. The molecule has 1 aromatic carbocycles. The summed E-state index contributed by atoms with van der Waals surface area (Å²) in [6.45, 7) is 3.79. The highest BCUT2D eigenvalue weighted by molar-refractivity contribution is 7.98. The third kappa shape index (κ3) is 2.53. The molecule has 1 rings (SSSR count). The van der Waals surface area contributed by atoms with Crippen molar-refractivity contribution in [3.8, 4) is 5.75 Å². The summed E-state index contributed by atoms with van der Waals surface area (Å²) >= 11 is 1.59. The molecular formula is C12H16O2S. The molecule has 15 heavy (non-hydrogen) atoms. The zero-order valence-corrected chi connectivity index (χ0v) is 10.4. The Morgan fingerprint density at radius 2 is 2.07 bits per heavy atom. The van der Waals surface area contributed by atoms with Crippen LogP contribution in [0.4, 0.5) is 0 Å². The first-order chi connectivity index (χ1) is 7.11. The summed E-state index contributed by atoms with van der Waals surface area (Å²) in [5, 5.41) is 0. The topological polar surface area (TPSA) is 26.3 Å². The Morgan fingerprint density at radius 3 is 2.53 bits per heavy atom. The van der Waals surface area contributed by atoms with Crippen LogP contribution in [-0.4, -0.2) is 19.1 Å². The lowest BCUT2D eigenvalue weighted by Crippen LogP contribution is -2.09. The smallest absolute Gasteiger partial charge is 0.169 e. The van der Waals surface area contributed by atoms with Crippen LogP contribution in [0.1, 0.15) is 24.2 Å². The molecule has 0 heterocycles. The predicted octanol–water partition coefficient (Wildman–Crippen LogP) is 3.26. The van der Waals surface area contributed by atoms with Gasteiger partial charge in [0.25, 0.3) is 0 Å². The molecular weight excluding hydrogens is 208 g/mol. The number of methoxy groups -OCH3 is 1. The molecule has 0 unspecified atom stereocenters. The summed E-state index contributed by atoms with van der Waals surface area (Å²) in [5.74, 6) is 0.822. The van der Waals surface area contributed by atoms with E-state index in [0.29, 0.717) is 11.3 Å². The number of Topliss-reactive ketones (excluding diaryl/α,β-unsaturated/α-hetero) is 1. The van der Waals surface area contributed by atoms with Crippen LogP contribution in [0.25, 0.3) is 0 Å². The minimum Gasteiger partial charge on any atom is -0.495 e. The van der Waals surface area contributed by atoms with Crippen LogP contribution in [0.3, 0.4) is 0 Å². The van der Waals surface area contributed by atoms with E-state index >= 15 is 0 Å². The summed E-state index contributed by atoms with van der Waals surface area (Å²) in [4.78, 5) is 12.9. The maximum Gasteiger partial charge on any atom is 0.169 e. The van der Waals surface area contributed by atoms with Gasteiger partial charge in [0.15, 0.2) is 5.78 Å². The molecule has 1 aromatic rings.